The van der Waals surface area contributed by atoms with E-state index >= 15 is 0 Å². The first-order chi connectivity index (χ1) is 10.6. The van der Waals surface area contributed by atoms with E-state index in [1.165, 1.54) is 0 Å². The fraction of sp³-hybridized carbons (Fsp3) is 0.125. The van der Waals surface area contributed by atoms with E-state index in [0.717, 1.165) is 23.8 Å². The molecule has 1 N–H and O–H groups in total. The van der Waals surface area contributed by atoms with Crippen LogP contribution in [0.5, 0.6) is 0 Å². The van der Waals surface area contributed by atoms with E-state index in [1.54, 1.807) is 24.3 Å². The maximum Gasteiger partial charge on any atom is 0.325 e. The van der Waals surface area contributed by atoms with Crippen molar-refractivity contribution in [1.29, 1.82) is 0 Å². The Morgan fingerprint density at radius 1 is 1.05 bits per heavy atom. The molecule has 0 heterocycles. The van der Waals surface area contributed by atoms with E-state index in [0.29, 0.717) is 0 Å². The van der Waals surface area contributed by atoms with Crippen molar-refractivity contribution in [3.8, 4) is 0 Å². The number of esters is 1. The highest BCUT2D eigenvalue weighted by Crippen LogP contribution is 2.09. The first kappa shape index (κ1) is 15.6. The summed E-state index contributed by atoms with van der Waals surface area (Å²) in [4.78, 5) is 23.2. The molecule has 2 aromatic rings. The Hall–Kier alpha value is -2.76. The van der Waals surface area contributed by atoms with Gasteiger partial charge in [0.05, 0.1) is 5.56 Å². The lowest BCUT2D eigenvalue weighted by Crippen LogP contribution is -2.31. The molecule has 1 amide bonds. The van der Waals surface area contributed by atoms with Crippen LogP contribution in [-0.4, -0.2) is 18.4 Å². The van der Waals surface area contributed by atoms with Gasteiger partial charge in [0.2, 0.25) is 0 Å². The van der Waals surface area contributed by atoms with Gasteiger partial charge in [-0.05, 0) is 23.8 Å². The Labute approximate surface area is 125 Å². The Morgan fingerprint density at radius 3 is 2.50 bits per heavy atom. The second kappa shape index (κ2) is 7.31. The first-order valence-electron chi connectivity index (χ1n) is 6.49. The highest BCUT2D eigenvalue weighted by atomic mass is 19.1. The smallest absolute Gasteiger partial charge is 0.325 e. The molecule has 0 bridgehead atoms. The Balaban J connectivity index is 1.83. The summed E-state index contributed by atoms with van der Waals surface area (Å²) in [6, 6.07) is 11.5. The predicted molar refractivity (Wildman–Crippen MR) is 74.9 cm³/mol. The zero-order valence-corrected chi connectivity index (χ0v) is 11.5. The van der Waals surface area contributed by atoms with Gasteiger partial charge >= 0.3 is 5.97 Å². The van der Waals surface area contributed by atoms with Crippen LogP contribution in [-0.2, 0) is 16.1 Å². The molecular formula is C16H13F2NO3. The molecule has 114 valence electrons. The van der Waals surface area contributed by atoms with Crippen molar-refractivity contribution in [2.45, 2.75) is 6.61 Å². The molecule has 6 heteroatoms. The van der Waals surface area contributed by atoms with Crippen molar-refractivity contribution in [2.75, 3.05) is 6.54 Å². The van der Waals surface area contributed by atoms with Crippen molar-refractivity contribution < 1.29 is 23.1 Å². The monoisotopic (exact) mass is 305 g/mol. The fourth-order valence-corrected chi connectivity index (χ4v) is 1.71. The van der Waals surface area contributed by atoms with Gasteiger partial charge in [0.15, 0.2) is 0 Å². The van der Waals surface area contributed by atoms with Crippen LogP contribution in [0.2, 0.25) is 0 Å². The second-order valence-electron chi connectivity index (χ2n) is 4.45. The van der Waals surface area contributed by atoms with Crippen molar-refractivity contribution >= 4 is 11.9 Å². The number of ether oxygens (including phenoxy) is 1. The molecule has 0 saturated carbocycles. The van der Waals surface area contributed by atoms with Crippen LogP contribution >= 0.6 is 0 Å². The molecule has 0 unspecified atom stereocenters. The SMILES string of the molecule is O=C(CNC(=O)c1cc(F)ccc1F)OCc1ccccc1. The molecule has 2 aromatic carbocycles. The van der Waals surface area contributed by atoms with Crippen molar-refractivity contribution in [2.24, 2.45) is 0 Å². The number of rotatable bonds is 5. The van der Waals surface area contributed by atoms with Crippen LogP contribution in [0.25, 0.3) is 0 Å². The molecule has 0 radical (unpaired) electrons. The molecule has 2 rings (SSSR count). The maximum absolute atomic E-state index is 13.4. The van der Waals surface area contributed by atoms with Crippen LogP contribution < -0.4 is 5.32 Å². The largest absolute Gasteiger partial charge is 0.460 e. The lowest BCUT2D eigenvalue weighted by molar-refractivity contribution is -0.143. The van der Waals surface area contributed by atoms with Crippen LogP contribution in [0.4, 0.5) is 8.78 Å². The molecule has 0 aliphatic carbocycles. The minimum Gasteiger partial charge on any atom is -0.460 e. The maximum atomic E-state index is 13.4. The van der Waals surface area contributed by atoms with Gasteiger partial charge in [-0.3, -0.25) is 9.59 Å². The van der Waals surface area contributed by atoms with E-state index < -0.39 is 35.6 Å². The van der Waals surface area contributed by atoms with Crippen LogP contribution in [0.3, 0.4) is 0 Å². The van der Waals surface area contributed by atoms with E-state index in [9.17, 15) is 18.4 Å². The molecule has 0 aliphatic rings. The summed E-state index contributed by atoms with van der Waals surface area (Å²) in [5, 5.41) is 2.18. The third kappa shape index (κ3) is 4.37. The highest BCUT2D eigenvalue weighted by molar-refractivity contribution is 5.96. The van der Waals surface area contributed by atoms with Crippen molar-refractivity contribution in [1.82, 2.24) is 5.32 Å². The van der Waals surface area contributed by atoms with Gasteiger partial charge in [-0.15, -0.1) is 0 Å². The summed E-state index contributed by atoms with van der Waals surface area (Å²) in [6.45, 7) is -0.356. The molecular weight excluding hydrogens is 292 g/mol. The van der Waals surface area contributed by atoms with Gasteiger partial charge < -0.3 is 10.1 Å². The lowest BCUT2D eigenvalue weighted by atomic mass is 10.2. The predicted octanol–water partition coefficient (Wildman–Crippen LogP) is 2.44. The third-order valence-electron chi connectivity index (χ3n) is 2.81. The zero-order valence-electron chi connectivity index (χ0n) is 11.5. The summed E-state index contributed by atoms with van der Waals surface area (Å²) in [5.41, 5.74) is 0.342. The Morgan fingerprint density at radius 2 is 1.77 bits per heavy atom. The molecule has 0 aromatic heterocycles. The third-order valence-corrected chi connectivity index (χ3v) is 2.81. The normalized spacial score (nSPS) is 10.1. The number of amides is 1. The van der Waals surface area contributed by atoms with Crippen LogP contribution in [0.1, 0.15) is 15.9 Å². The van der Waals surface area contributed by atoms with Crippen molar-refractivity contribution in [3.05, 3.63) is 71.3 Å². The average Bonchev–Trinajstić information content (AvgIpc) is 2.54. The van der Waals surface area contributed by atoms with E-state index in [4.69, 9.17) is 4.74 Å². The van der Waals surface area contributed by atoms with Crippen LogP contribution in [0, 0.1) is 11.6 Å². The number of carbonyl (C=O) groups is 2. The van der Waals surface area contributed by atoms with Gasteiger partial charge in [-0.1, -0.05) is 30.3 Å². The standard InChI is InChI=1S/C16H13F2NO3/c17-12-6-7-14(18)13(8-12)16(21)19-9-15(20)22-10-11-4-2-1-3-5-11/h1-8H,9-10H2,(H,19,21). The number of benzene rings is 2. The number of carbonyl (C=O) groups excluding carboxylic acids is 2. The lowest BCUT2D eigenvalue weighted by Gasteiger charge is -2.07. The number of nitrogens with one attached hydrogen (secondary N) is 1. The van der Waals surface area contributed by atoms with Crippen molar-refractivity contribution in [3.63, 3.8) is 0 Å². The van der Waals surface area contributed by atoms with Gasteiger partial charge in [0.1, 0.15) is 24.8 Å². The molecule has 22 heavy (non-hydrogen) atoms. The zero-order chi connectivity index (χ0) is 15.9. The van der Waals surface area contributed by atoms with Crippen LogP contribution in [0.15, 0.2) is 48.5 Å². The number of hydrogen-bond acceptors (Lipinski definition) is 3. The fourth-order valence-electron chi connectivity index (χ4n) is 1.71. The molecule has 0 aliphatic heterocycles. The summed E-state index contributed by atoms with van der Waals surface area (Å²) < 4.78 is 31.3. The molecule has 0 atom stereocenters. The molecule has 4 nitrogen and oxygen atoms in total. The van der Waals surface area contributed by atoms with Gasteiger partial charge in [-0.2, -0.15) is 0 Å². The van der Waals surface area contributed by atoms with Gasteiger partial charge in [0.25, 0.3) is 5.91 Å². The van der Waals surface area contributed by atoms with Gasteiger partial charge in [0, 0.05) is 0 Å². The summed E-state index contributed by atoms with van der Waals surface area (Å²) >= 11 is 0. The quantitative estimate of drug-likeness (QED) is 0.863. The number of halogens is 2. The second-order valence-corrected chi connectivity index (χ2v) is 4.45. The average molecular weight is 305 g/mol. The topological polar surface area (TPSA) is 55.4 Å². The Kier molecular flexibility index (Phi) is 5.19. The van der Waals surface area contributed by atoms with E-state index in [-0.39, 0.29) is 6.61 Å². The first-order valence-corrected chi connectivity index (χ1v) is 6.49. The van der Waals surface area contributed by atoms with E-state index in [1.807, 2.05) is 6.07 Å². The molecule has 0 fully saturated rings. The highest BCUT2D eigenvalue weighted by Gasteiger charge is 2.14. The number of hydrogen-bond donors (Lipinski definition) is 1. The molecule has 0 spiro atoms. The summed E-state index contributed by atoms with van der Waals surface area (Å²) in [6.07, 6.45) is 0. The van der Waals surface area contributed by atoms with E-state index in [2.05, 4.69) is 5.32 Å². The van der Waals surface area contributed by atoms with Gasteiger partial charge in [-0.25, -0.2) is 8.78 Å². The molecule has 0 saturated heterocycles. The Bertz CT molecular complexity index is 674. The summed E-state index contributed by atoms with van der Waals surface area (Å²) in [5.74, 6) is -3.16. The minimum atomic E-state index is -0.881. The summed E-state index contributed by atoms with van der Waals surface area (Å²) in [7, 11) is 0. The minimum absolute atomic E-state index is 0.0733.